The first-order valence-corrected chi connectivity index (χ1v) is 11.0. The number of anilines is 3. The summed E-state index contributed by atoms with van der Waals surface area (Å²) in [6, 6.07) is 13.8. The van der Waals surface area contributed by atoms with Gasteiger partial charge in [-0.3, -0.25) is 4.98 Å². The molecule has 0 atom stereocenters. The number of nitrogens with two attached hydrogens (primary N) is 1. The number of rotatable bonds is 7. The van der Waals surface area contributed by atoms with Crippen LogP contribution in [0.25, 0.3) is 11.3 Å². The van der Waals surface area contributed by atoms with Crippen LogP contribution in [0.15, 0.2) is 78.1 Å². The second kappa shape index (κ2) is 9.04. The molecular weight excluding hydrogens is 433 g/mol. The van der Waals surface area contributed by atoms with Gasteiger partial charge in [-0.15, -0.1) is 0 Å². The minimum Gasteiger partial charge on any atom is -0.350 e. The normalized spacial score (nSPS) is 11.2. The number of hydrogen-bond donors (Lipinski definition) is 3. The number of nitrogens with one attached hydrogen (secondary N) is 2. The molecule has 0 aliphatic carbocycles. The van der Waals surface area contributed by atoms with Crippen LogP contribution in [-0.4, -0.2) is 28.4 Å². The summed E-state index contributed by atoms with van der Waals surface area (Å²) in [4.78, 5) is 17.2. The zero-order valence-corrected chi connectivity index (χ0v) is 17.4. The Kier molecular flexibility index (Phi) is 6.01. The van der Waals surface area contributed by atoms with E-state index in [9.17, 15) is 12.8 Å². The molecule has 4 N–H and O–H groups in total. The monoisotopic (exact) mass is 451 g/mol. The first kappa shape index (κ1) is 21.3. The summed E-state index contributed by atoms with van der Waals surface area (Å²) in [7, 11) is -3.80. The van der Waals surface area contributed by atoms with Gasteiger partial charge >= 0.3 is 0 Å². The Labute approximate surface area is 183 Å². The predicted molar refractivity (Wildman–Crippen MR) is 118 cm³/mol. The van der Waals surface area contributed by atoms with E-state index < -0.39 is 10.0 Å². The molecule has 11 heteroatoms. The molecule has 9 nitrogen and oxygen atoms in total. The summed E-state index contributed by atoms with van der Waals surface area (Å²) in [5.41, 5.74) is 2.04. The summed E-state index contributed by atoms with van der Waals surface area (Å²) >= 11 is 0. The highest BCUT2D eigenvalue weighted by molar-refractivity contribution is 7.89. The molecule has 0 aliphatic heterocycles. The average molecular weight is 451 g/mol. The highest BCUT2D eigenvalue weighted by atomic mass is 32.2. The fraction of sp³-hybridized carbons (Fsp3) is 0.0476. The predicted octanol–water partition coefficient (Wildman–Crippen LogP) is 3.08. The number of benzene rings is 2. The summed E-state index contributed by atoms with van der Waals surface area (Å²) < 4.78 is 36.2. The van der Waals surface area contributed by atoms with E-state index in [1.54, 1.807) is 48.9 Å². The maximum absolute atomic E-state index is 13.1. The summed E-state index contributed by atoms with van der Waals surface area (Å²) in [5.74, 6) is 0.943. The van der Waals surface area contributed by atoms with Crippen molar-refractivity contribution in [3.63, 3.8) is 0 Å². The second-order valence-corrected chi connectivity index (χ2v) is 8.29. The van der Waals surface area contributed by atoms with E-state index in [-0.39, 0.29) is 10.7 Å². The van der Waals surface area contributed by atoms with E-state index in [1.165, 1.54) is 24.3 Å². The van der Waals surface area contributed by atoms with Gasteiger partial charge in [-0.05, 0) is 29.8 Å². The van der Waals surface area contributed by atoms with Crippen molar-refractivity contribution >= 4 is 27.6 Å². The fourth-order valence-electron chi connectivity index (χ4n) is 2.83. The molecule has 162 valence electrons. The Hall–Kier alpha value is -3.96. The van der Waals surface area contributed by atoms with Crippen LogP contribution in [-0.2, 0) is 16.6 Å². The smallest absolute Gasteiger partial charge is 0.238 e. The zero-order chi connectivity index (χ0) is 22.6. The van der Waals surface area contributed by atoms with Gasteiger partial charge in [0.25, 0.3) is 0 Å². The van der Waals surface area contributed by atoms with Crippen molar-refractivity contribution in [1.29, 1.82) is 0 Å². The second-order valence-electron chi connectivity index (χ2n) is 6.73. The number of primary sulfonamides is 1. The number of halogens is 1. The molecule has 2 aromatic carbocycles. The molecule has 32 heavy (non-hydrogen) atoms. The third-order valence-electron chi connectivity index (χ3n) is 4.39. The van der Waals surface area contributed by atoms with Gasteiger partial charge in [-0.25, -0.2) is 27.9 Å². The summed E-state index contributed by atoms with van der Waals surface area (Å²) in [6.07, 6.45) is 4.65. The Morgan fingerprint density at radius 3 is 2.34 bits per heavy atom. The van der Waals surface area contributed by atoms with Gasteiger partial charge in [0.15, 0.2) is 0 Å². The molecule has 2 aromatic heterocycles. The van der Waals surface area contributed by atoms with Gasteiger partial charge in [0.05, 0.1) is 16.8 Å². The van der Waals surface area contributed by atoms with E-state index in [4.69, 9.17) is 5.14 Å². The molecule has 0 saturated heterocycles. The van der Waals surface area contributed by atoms with Gasteiger partial charge in [-0.1, -0.05) is 24.3 Å². The molecule has 4 rings (SSSR count). The van der Waals surface area contributed by atoms with E-state index in [2.05, 4.69) is 30.6 Å². The van der Waals surface area contributed by atoms with E-state index >= 15 is 0 Å². The van der Waals surface area contributed by atoms with Crippen LogP contribution >= 0.6 is 0 Å². The van der Waals surface area contributed by atoms with Crippen molar-refractivity contribution in [2.24, 2.45) is 5.14 Å². The van der Waals surface area contributed by atoms with Crippen molar-refractivity contribution < 1.29 is 12.8 Å². The number of hydrogen-bond acceptors (Lipinski definition) is 8. The maximum atomic E-state index is 13.1. The third kappa shape index (κ3) is 5.39. The highest BCUT2D eigenvalue weighted by Gasteiger charge is 2.11. The Bertz CT molecular complexity index is 1320. The van der Waals surface area contributed by atoms with Gasteiger partial charge in [0, 0.05) is 30.6 Å². The fourth-order valence-corrected chi connectivity index (χ4v) is 3.35. The molecule has 0 fully saturated rings. The molecule has 0 aliphatic rings. The molecule has 0 unspecified atom stereocenters. The lowest BCUT2D eigenvalue weighted by Gasteiger charge is -2.11. The largest absolute Gasteiger partial charge is 0.350 e. The van der Waals surface area contributed by atoms with Crippen molar-refractivity contribution in [2.75, 3.05) is 10.6 Å². The number of nitrogens with zero attached hydrogens (tertiary/aromatic N) is 4. The summed E-state index contributed by atoms with van der Waals surface area (Å²) in [5, 5.41) is 11.4. The van der Waals surface area contributed by atoms with Gasteiger partial charge in [0.2, 0.25) is 16.0 Å². The van der Waals surface area contributed by atoms with Crippen molar-refractivity contribution in [3.8, 4) is 11.3 Å². The molecule has 2 heterocycles. The van der Waals surface area contributed by atoms with Crippen LogP contribution in [0.4, 0.5) is 22.0 Å². The van der Waals surface area contributed by atoms with Crippen molar-refractivity contribution in [3.05, 3.63) is 84.6 Å². The third-order valence-corrected chi connectivity index (χ3v) is 5.32. The quantitative estimate of drug-likeness (QED) is 0.390. The average Bonchev–Trinajstić information content (AvgIpc) is 2.79. The van der Waals surface area contributed by atoms with Crippen molar-refractivity contribution in [1.82, 2.24) is 19.9 Å². The Balaban J connectivity index is 1.65. The van der Waals surface area contributed by atoms with E-state index in [0.717, 1.165) is 5.56 Å². The SMILES string of the molecule is NS(=O)(=O)c1ccc(-c2cc(Nc3cnccn3)nc(NCc3ccc(F)cc3)n2)cc1. The van der Waals surface area contributed by atoms with Crippen LogP contribution in [0.2, 0.25) is 0 Å². The lowest BCUT2D eigenvalue weighted by molar-refractivity contribution is 0.598. The Morgan fingerprint density at radius 1 is 0.938 bits per heavy atom. The maximum Gasteiger partial charge on any atom is 0.238 e. The van der Waals surface area contributed by atoms with Gasteiger partial charge in [0.1, 0.15) is 17.5 Å². The Morgan fingerprint density at radius 2 is 1.69 bits per heavy atom. The van der Waals surface area contributed by atoms with Crippen LogP contribution in [0.3, 0.4) is 0 Å². The molecule has 0 spiro atoms. The topological polar surface area (TPSA) is 136 Å². The van der Waals surface area contributed by atoms with Crippen LogP contribution in [0, 0.1) is 5.82 Å². The molecule has 0 bridgehead atoms. The minimum atomic E-state index is -3.80. The van der Waals surface area contributed by atoms with Crippen molar-refractivity contribution in [2.45, 2.75) is 11.4 Å². The summed E-state index contributed by atoms with van der Waals surface area (Å²) in [6.45, 7) is 0.374. The van der Waals surface area contributed by atoms with Crippen LogP contribution < -0.4 is 15.8 Å². The minimum absolute atomic E-state index is 0.00266. The standard InChI is InChI=1S/C21H18FN7O2S/c22-16-5-1-14(2-6-16)12-26-21-27-18(15-3-7-17(8-4-15)32(23,30)31)11-19(29-21)28-20-13-24-9-10-25-20/h1-11,13H,12H2,(H2,23,30,31)(H2,25,26,27,28,29). The molecule has 0 radical (unpaired) electrons. The van der Waals surface area contributed by atoms with Gasteiger partial charge < -0.3 is 10.6 Å². The number of sulfonamides is 1. The van der Waals surface area contributed by atoms with E-state index in [1.807, 2.05) is 0 Å². The molecular formula is C21H18FN7O2S. The first-order chi connectivity index (χ1) is 15.4. The van der Waals surface area contributed by atoms with Crippen LogP contribution in [0.5, 0.6) is 0 Å². The van der Waals surface area contributed by atoms with Gasteiger partial charge in [-0.2, -0.15) is 4.98 Å². The highest BCUT2D eigenvalue weighted by Crippen LogP contribution is 2.24. The zero-order valence-electron chi connectivity index (χ0n) is 16.6. The lowest BCUT2D eigenvalue weighted by atomic mass is 10.1. The lowest BCUT2D eigenvalue weighted by Crippen LogP contribution is -2.11. The molecule has 0 saturated carbocycles. The molecule has 4 aromatic rings. The van der Waals surface area contributed by atoms with E-state index in [0.29, 0.717) is 35.4 Å². The molecule has 0 amide bonds. The number of aromatic nitrogens is 4. The van der Waals surface area contributed by atoms with Crippen LogP contribution in [0.1, 0.15) is 5.56 Å². The first-order valence-electron chi connectivity index (χ1n) is 9.40.